The second-order valence-electron chi connectivity index (χ2n) is 6.13. The molecule has 1 saturated carbocycles. The predicted octanol–water partition coefficient (Wildman–Crippen LogP) is 4.57. The molecule has 1 heterocycles. The first kappa shape index (κ1) is 16.1. The lowest BCUT2D eigenvalue weighted by Crippen LogP contribution is -2.48. The van der Waals surface area contributed by atoms with Crippen LogP contribution in [0.5, 0.6) is 0 Å². The number of aromatic nitrogens is 1. The van der Waals surface area contributed by atoms with Gasteiger partial charge < -0.3 is 14.5 Å². The molecule has 1 N–H and O–H groups in total. The Bertz CT molecular complexity index is 690. The van der Waals surface area contributed by atoms with Crippen molar-refractivity contribution in [2.45, 2.75) is 37.6 Å². The highest BCUT2D eigenvalue weighted by atomic mass is 79.9. The quantitative estimate of drug-likeness (QED) is 0.845. The third kappa shape index (κ3) is 3.13. The van der Waals surface area contributed by atoms with Gasteiger partial charge in [-0.2, -0.15) is 0 Å². The summed E-state index contributed by atoms with van der Waals surface area (Å²) in [4.78, 5) is 12.9. The van der Waals surface area contributed by atoms with Crippen LogP contribution < -0.4 is 0 Å². The van der Waals surface area contributed by atoms with Crippen LogP contribution in [-0.2, 0) is 6.42 Å². The van der Waals surface area contributed by atoms with Crippen LogP contribution in [0.2, 0.25) is 0 Å². The van der Waals surface area contributed by atoms with Crippen LogP contribution >= 0.6 is 15.9 Å². The minimum atomic E-state index is -0.888. The molecule has 5 nitrogen and oxygen atoms in total. The van der Waals surface area contributed by atoms with Gasteiger partial charge in [0.2, 0.25) is 0 Å². The van der Waals surface area contributed by atoms with Crippen LogP contribution in [0, 0.1) is 0 Å². The summed E-state index contributed by atoms with van der Waals surface area (Å²) in [5.74, 6) is 0. The van der Waals surface area contributed by atoms with Crippen molar-refractivity contribution in [3.63, 3.8) is 0 Å². The van der Waals surface area contributed by atoms with Crippen LogP contribution in [0.1, 0.15) is 31.4 Å². The number of amides is 1. The summed E-state index contributed by atoms with van der Waals surface area (Å²) in [6, 6.07) is 7.95. The van der Waals surface area contributed by atoms with Gasteiger partial charge in [0.25, 0.3) is 0 Å². The normalized spacial score (nSPS) is 16.4. The van der Waals surface area contributed by atoms with Crippen molar-refractivity contribution in [1.82, 2.24) is 10.1 Å². The summed E-state index contributed by atoms with van der Waals surface area (Å²) in [5, 5.41) is 13.6. The molecule has 3 rings (SSSR count). The van der Waals surface area contributed by atoms with Gasteiger partial charge in [-0.3, -0.25) is 0 Å². The van der Waals surface area contributed by atoms with Crippen LogP contribution in [-0.4, -0.2) is 33.8 Å². The zero-order valence-electron chi connectivity index (χ0n) is 13.0. The van der Waals surface area contributed by atoms with E-state index in [1.54, 1.807) is 13.3 Å². The molecule has 0 bridgehead atoms. The Morgan fingerprint density at radius 1 is 1.35 bits per heavy atom. The fourth-order valence-corrected chi connectivity index (χ4v) is 3.69. The van der Waals surface area contributed by atoms with Crippen molar-refractivity contribution in [3.8, 4) is 11.1 Å². The first-order valence-electron chi connectivity index (χ1n) is 7.68. The van der Waals surface area contributed by atoms with Gasteiger partial charge in [-0.25, -0.2) is 4.79 Å². The van der Waals surface area contributed by atoms with Gasteiger partial charge in [0.1, 0.15) is 6.26 Å². The maximum absolute atomic E-state index is 11.5. The molecule has 1 aliphatic rings. The van der Waals surface area contributed by atoms with Crippen molar-refractivity contribution < 1.29 is 14.4 Å². The van der Waals surface area contributed by atoms with Gasteiger partial charge >= 0.3 is 6.09 Å². The molecule has 2 aromatic rings. The Morgan fingerprint density at radius 2 is 2.00 bits per heavy atom. The smallest absolute Gasteiger partial charge is 0.407 e. The van der Waals surface area contributed by atoms with E-state index >= 15 is 0 Å². The minimum Gasteiger partial charge on any atom is -0.465 e. The van der Waals surface area contributed by atoms with Crippen LogP contribution in [0.25, 0.3) is 11.1 Å². The average molecular weight is 379 g/mol. The SMILES string of the molecule is CN(C(=O)O)C1(Cc2nocc2-c2ccc(Br)cc2)CCCC1. The van der Waals surface area contributed by atoms with E-state index in [0.717, 1.165) is 47.0 Å². The maximum Gasteiger partial charge on any atom is 0.407 e. The Kier molecular flexibility index (Phi) is 4.43. The third-order valence-electron chi connectivity index (χ3n) is 4.83. The summed E-state index contributed by atoms with van der Waals surface area (Å²) in [6.45, 7) is 0. The predicted molar refractivity (Wildman–Crippen MR) is 90.3 cm³/mol. The molecule has 1 amide bonds. The van der Waals surface area contributed by atoms with Gasteiger partial charge in [0.15, 0.2) is 0 Å². The van der Waals surface area contributed by atoms with Crippen molar-refractivity contribution in [1.29, 1.82) is 0 Å². The zero-order valence-corrected chi connectivity index (χ0v) is 14.5. The molecule has 122 valence electrons. The van der Waals surface area contributed by atoms with E-state index < -0.39 is 6.09 Å². The molecule has 1 aliphatic carbocycles. The van der Waals surface area contributed by atoms with Gasteiger partial charge in [0, 0.05) is 23.5 Å². The number of carbonyl (C=O) groups is 1. The second-order valence-corrected chi connectivity index (χ2v) is 7.05. The second kappa shape index (κ2) is 6.35. The number of rotatable bonds is 4. The summed E-state index contributed by atoms with van der Waals surface area (Å²) < 4.78 is 6.21. The molecule has 1 aromatic carbocycles. The maximum atomic E-state index is 11.5. The van der Waals surface area contributed by atoms with Gasteiger partial charge in [-0.1, -0.05) is 46.1 Å². The number of hydrogen-bond donors (Lipinski definition) is 1. The molecule has 0 saturated heterocycles. The van der Waals surface area contributed by atoms with Gasteiger partial charge in [-0.05, 0) is 30.5 Å². The third-order valence-corrected chi connectivity index (χ3v) is 5.36. The van der Waals surface area contributed by atoms with Crippen molar-refractivity contribution in [2.24, 2.45) is 0 Å². The lowest BCUT2D eigenvalue weighted by atomic mass is 9.88. The van der Waals surface area contributed by atoms with Gasteiger partial charge in [-0.15, -0.1) is 0 Å². The van der Waals surface area contributed by atoms with E-state index in [4.69, 9.17) is 4.52 Å². The van der Waals surface area contributed by atoms with Crippen LogP contribution in [0.15, 0.2) is 39.5 Å². The number of nitrogens with zero attached hydrogens (tertiary/aromatic N) is 2. The summed E-state index contributed by atoms with van der Waals surface area (Å²) in [7, 11) is 1.66. The van der Waals surface area contributed by atoms with E-state index in [0.29, 0.717) is 6.42 Å². The summed E-state index contributed by atoms with van der Waals surface area (Å²) in [6.07, 6.45) is 5.15. The first-order chi connectivity index (χ1) is 11.0. The van der Waals surface area contributed by atoms with Gasteiger partial charge in [0.05, 0.1) is 11.2 Å². The number of hydrogen-bond acceptors (Lipinski definition) is 3. The lowest BCUT2D eigenvalue weighted by molar-refractivity contribution is 0.0943. The monoisotopic (exact) mass is 378 g/mol. The molecule has 1 aromatic heterocycles. The van der Waals surface area contributed by atoms with E-state index in [1.165, 1.54) is 4.90 Å². The topological polar surface area (TPSA) is 66.6 Å². The highest BCUT2D eigenvalue weighted by molar-refractivity contribution is 9.10. The Balaban J connectivity index is 1.92. The molecule has 1 fully saturated rings. The Hall–Kier alpha value is -1.82. The number of benzene rings is 1. The summed E-state index contributed by atoms with van der Waals surface area (Å²) in [5.41, 5.74) is 2.40. The van der Waals surface area contributed by atoms with Crippen LogP contribution in [0.3, 0.4) is 0 Å². The number of halogens is 1. The van der Waals surface area contributed by atoms with E-state index in [2.05, 4.69) is 21.1 Å². The fraction of sp³-hybridized carbons (Fsp3) is 0.412. The van der Waals surface area contributed by atoms with E-state index in [-0.39, 0.29) is 5.54 Å². The van der Waals surface area contributed by atoms with Crippen molar-refractivity contribution in [3.05, 3.63) is 40.7 Å². The van der Waals surface area contributed by atoms with Crippen LogP contribution in [0.4, 0.5) is 4.79 Å². The Morgan fingerprint density at radius 3 is 2.61 bits per heavy atom. The first-order valence-corrected chi connectivity index (χ1v) is 8.47. The molecule has 6 heteroatoms. The van der Waals surface area contributed by atoms with E-state index in [1.807, 2.05) is 24.3 Å². The molecule has 0 aliphatic heterocycles. The Labute approximate surface area is 143 Å². The van der Waals surface area contributed by atoms with Crippen molar-refractivity contribution >= 4 is 22.0 Å². The zero-order chi connectivity index (χ0) is 16.4. The molecule has 0 atom stereocenters. The molecule has 0 unspecified atom stereocenters. The standard InChI is InChI=1S/C17H19BrN2O3/c1-20(16(21)22)17(8-2-3-9-17)10-15-14(11-23-19-15)12-4-6-13(18)7-5-12/h4-7,11H,2-3,8-10H2,1H3,(H,21,22). The number of carboxylic acid groups (broad SMARTS) is 1. The highest BCUT2D eigenvalue weighted by Gasteiger charge is 2.41. The van der Waals surface area contributed by atoms with Crippen molar-refractivity contribution in [2.75, 3.05) is 7.05 Å². The van der Waals surface area contributed by atoms with E-state index in [9.17, 15) is 9.90 Å². The molecule has 0 spiro atoms. The molecule has 23 heavy (non-hydrogen) atoms. The summed E-state index contributed by atoms with van der Waals surface area (Å²) >= 11 is 3.43. The fourth-order valence-electron chi connectivity index (χ4n) is 3.43. The molecular weight excluding hydrogens is 360 g/mol. The number of likely N-dealkylation sites (N-methyl/N-ethyl adjacent to an activating group) is 1. The molecule has 0 radical (unpaired) electrons. The minimum absolute atomic E-state index is 0.382. The lowest BCUT2D eigenvalue weighted by Gasteiger charge is -2.36. The highest BCUT2D eigenvalue weighted by Crippen LogP contribution is 2.39. The largest absolute Gasteiger partial charge is 0.465 e. The molecular formula is C17H19BrN2O3. The average Bonchev–Trinajstić information content (AvgIpc) is 3.18.